The Morgan fingerprint density at radius 1 is 1.23 bits per heavy atom. The molecule has 0 aliphatic carbocycles. The van der Waals surface area contributed by atoms with E-state index >= 15 is 0 Å². The SMILES string of the molecule is CC(C)(C)S(=O)(=O)NCCn1c(Sc2cc3c(cc2-c2cc[nH]n2)OCO3)nc2c(N)ncnc21. The van der Waals surface area contributed by atoms with E-state index in [1.54, 1.807) is 27.0 Å². The van der Waals surface area contributed by atoms with Crippen molar-refractivity contribution in [2.45, 2.75) is 42.1 Å². The van der Waals surface area contributed by atoms with Crippen LogP contribution >= 0.6 is 11.8 Å². The van der Waals surface area contributed by atoms with Gasteiger partial charge in [0.15, 0.2) is 33.6 Å². The number of anilines is 1. The number of ether oxygens (including phenoxy) is 2. The summed E-state index contributed by atoms with van der Waals surface area (Å²) in [5.74, 6) is 1.49. The number of aromatic nitrogens is 6. The van der Waals surface area contributed by atoms with E-state index in [2.05, 4.69) is 29.9 Å². The normalized spacial score (nSPS) is 13.6. The van der Waals surface area contributed by atoms with Gasteiger partial charge in [-0.25, -0.2) is 28.1 Å². The highest BCUT2D eigenvalue weighted by Gasteiger charge is 2.29. The van der Waals surface area contributed by atoms with Crippen molar-refractivity contribution in [3.05, 3.63) is 30.7 Å². The summed E-state index contributed by atoms with van der Waals surface area (Å²) in [6.45, 7) is 5.51. The van der Waals surface area contributed by atoms with Crippen LogP contribution in [0, 0.1) is 0 Å². The van der Waals surface area contributed by atoms with Crippen LogP contribution in [-0.2, 0) is 16.6 Å². The minimum atomic E-state index is -3.52. The Labute approximate surface area is 205 Å². The summed E-state index contributed by atoms with van der Waals surface area (Å²) < 4.78 is 39.8. The van der Waals surface area contributed by atoms with Gasteiger partial charge in [0.25, 0.3) is 0 Å². The van der Waals surface area contributed by atoms with Gasteiger partial charge in [0.1, 0.15) is 6.33 Å². The van der Waals surface area contributed by atoms with Crippen LogP contribution in [-0.4, -0.2) is 56.2 Å². The lowest BCUT2D eigenvalue weighted by atomic mass is 10.1. The summed E-state index contributed by atoms with van der Waals surface area (Å²) in [6.07, 6.45) is 3.10. The van der Waals surface area contributed by atoms with Gasteiger partial charge in [-0.15, -0.1) is 0 Å². The predicted octanol–water partition coefficient (Wildman–Crippen LogP) is 2.40. The second kappa shape index (κ2) is 8.70. The van der Waals surface area contributed by atoms with E-state index in [0.29, 0.717) is 27.8 Å². The fourth-order valence-corrected chi connectivity index (χ4v) is 5.29. The maximum Gasteiger partial charge on any atom is 0.231 e. The molecule has 1 aliphatic rings. The molecular formula is C21H24N8O4S2. The molecule has 1 aromatic carbocycles. The first kappa shape index (κ1) is 23.4. The lowest BCUT2D eigenvalue weighted by Crippen LogP contribution is -2.40. The minimum absolute atomic E-state index is 0.141. The molecule has 3 aromatic heterocycles. The molecule has 0 radical (unpaired) electrons. The largest absolute Gasteiger partial charge is 0.454 e. The van der Waals surface area contributed by atoms with Crippen LogP contribution < -0.4 is 19.9 Å². The van der Waals surface area contributed by atoms with Crippen molar-refractivity contribution in [2.75, 3.05) is 19.1 Å². The zero-order chi connectivity index (χ0) is 24.8. The Balaban J connectivity index is 1.54. The van der Waals surface area contributed by atoms with E-state index in [1.807, 2.05) is 22.8 Å². The molecular weight excluding hydrogens is 492 g/mol. The van der Waals surface area contributed by atoms with Gasteiger partial charge in [0.2, 0.25) is 16.8 Å². The highest BCUT2D eigenvalue weighted by Crippen LogP contribution is 2.44. The Morgan fingerprint density at radius 2 is 2.00 bits per heavy atom. The van der Waals surface area contributed by atoms with Crippen molar-refractivity contribution in [2.24, 2.45) is 0 Å². The quantitative estimate of drug-likeness (QED) is 0.332. The molecule has 1 aliphatic heterocycles. The van der Waals surface area contributed by atoms with E-state index in [4.69, 9.17) is 15.2 Å². The number of benzene rings is 1. The molecule has 0 saturated carbocycles. The van der Waals surface area contributed by atoms with Crippen LogP contribution in [0.3, 0.4) is 0 Å². The Bertz CT molecular complexity index is 1490. The topological polar surface area (TPSA) is 163 Å². The summed E-state index contributed by atoms with van der Waals surface area (Å²) in [5, 5.41) is 7.71. The summed E-state index contributed by atoms with van der Waals surface area (Å²) >= 11 is 1.36. The third-order valence-corrected chi connectivity index (χ3v) is 8.66. The van der Waals surface area contributed by atoms with Gasteiger partial charge in [0, 0.05) is 29.7 Å². The van der Waals surface area contributed by atoms with Crippen LogP contribution in [0.1, 0.15) is 20.8 Å². The van der Waals surface area contributed by atoms with Gasteiger partial charge in [-0.1, -0.05) is 11.8 Å². The number of H-pyrrole nitrogens is 1. The third kappa shape index (κ3) is 4.39. The number of hydrogen-bond acceptors (Lipinski definition) is 10. The Kier molecular flexibility index (Phi) is 5.81. The molecule has 0 spiro atoms. The zero-order valence-electron chi connectivity index (χ0n) is 19.3. The lowest BCUT2D eigenvalue weighted by molar-refractivity contribution is 0.174. The molecule has 0 amide bonds. The number of fused-ring (bicyclic) bond motifs is 2. The Hall–Kier alpha value is -3.36. The van der Waals surface area contributed by atoms with Gasteiger partial charge in [-0.3, -0.25) is 5.10 Å². The first-order valence-corrected chi connectivity index (χ1v) is 13.0. The van der Waals surface area contributed by atoms with Crippen molar-refractivity contribution >= 4 is 38.8 Å². The highest BCUT2D eigenvalue weighted by atomic mass is 32.2. The number of nitrogens with one attached hydrogen (secondary N) is 2. The predicted molar refractivity (Wildman–Crippen MR) is 131 cm³/mol. The molecule has 12 nitrogen and oxygen atoms in total. The maximum absolute atomic E-state index is 12.5. The summed E-state index contributed by atoms with van der Waals surface area (Å²) in [6, 6.07) is 5.60. The number of rotatable bonds is 7. The van der Waals surface area contributed by atoms with Crippen LogP contribution in [0.25, 0.3) is 22.4 Å². The van der Waals surface area contributed by atoms with Crippen molar-refractivity contribution in [3.63, 3.8) is 0 Å². The monoisotopic (exact) mass is 516 g/mol. The first-order chi connectivity index (χ1) is 16.6. The smallest absolute Gasteiger partial charge is 0.231 e. The average Bonchev–Trinajstić information content (AvgIpc) is 3.53. The standard InChI is InChI=1S/C21H24N8O4S2/c1-21(2,3)35(30,31)26-6-7-29-19-17(18(22)23-10-24-19)27-20(29)34-16-9-15-14(32-11-33-15)8-12(16)13-4-5-25-28-13/h4-5,8-10,26H,6-7,11H2,1-3H3,(H,25,28)(H2,22,23,24). The highest BCUT2D eigenvalue weighted by molar-refractivity contribution is 7.99. The second-order valence-electron chi connectivity index (χ2n) is 8.75. The van der Waals surface area contributed by atoms with Gasteiger partial charge < -0.3 is 19.8 Å². The van der Waals surface area contributed by atoms with E-state index in [1.165, 1.54) is 18.1 Å². The molecule has 0 atom stereocenters. The minimum Gasteiger partial charge on any atom is -0.454 e. The average molecular weight is 517 g/mol. The van der Waals surface area contributed by atoms with Gasteiger partial charge >= 0.3 is 0 Å². The van der Waals surface area contributed by atoms with Gasteiger partial charge in [0.05, 0.1) is 10.4 Å². The number of hydrogen-bond donors (Lipinski definition) is 3. The molecule has 35 heavy (non-hydrogen) atoms. The van der Waals surface area contributed by atoms with Crippen molar-refractivity contribution in [3.8, 4) is 22.8 Å². The zero-order valence-corrected chi connectivity index (χ0v) is 20.9. The number of imidazole rings is 1. The van der Waals surface area contributed by atoms with Crippen LogP contribution in [0.2, 0.25) is 0 Å². The molecule has 0 bridgehead atoms. The molecule has 4 heterocycles. The van der Waals surface area contributed by atoms with E-state index in [9.17, 15) is 8.42 Å². The molecule has 4 N–H and O–H groups in total. The number of aromatic amines is 1. The molecule has 184 valence electrons. The fourth-order valence-electron chi connectivity index (χ4n) is 3.44. The second-order valence-corrected chi connectivity index (χ2v) is 12.3. The Morgan fingerprint density at radius 3 is 2.71 bits per heavy atom. The molecule has 5 rings (SSSR count). The number of sulfonamides is 1. The lowest BCUT2D eigenvalue weighted by Gasteiger charge is -2.20. The molecule has 14 heteroatoms. The van der Waals surface area contributed by atoms with Crippen molar-refractivity contribution in [1.82, 2.24) is 34.4 Å². The number of nitrogens with zero attached hydrogens (tertiary/aromatic N) is 5. The molecule has 0 unspecified atom stereocenters. The van der Waals surface area contributed by atoms with Crippen molar-refractivity contribution < 1.29 is 17.9 Å². The van der Waals surface area contributed by atoms with Gasteiger partial charge in [-0.05, 0) is 39.0 Å². The maximum atomic E-state index is 12.5. The van der Waals surface area contributed by atoms with Crippen LogP contribution in [0.4, 0.5) is 5.82 Å². The van der Waals surface area contributed by atoms with Gasteiger partial charge in [-0.2, -0.15) is 5.10 Å². The fraction of sp³-hybridized carbons (Fsp3) is 0.333. The summed E-state index contributed by atoms with van der Waals surface area (Å²) in [4.78, 5) is 13.9. The molecule has 4 aromatic rings. The van der Waals surface area contributed by atoms with E-state index in [0.717, 1.165) is 16.2 Å². The molecule has 0 saturated heterocycles. The first-order valence-electron chi connectivity index (χ1n) is 10.7. The van der Waals surface area contributed by atoms with Crippen LogP contribution in [0.15, 0.2) is 40.8 Å². The number of nitrogens with two attached hydrogens (primary N) is 1. The third-order valence-electron chi connectivity index (χ3n) is 5.41. The summed E-state index contributed by atoms with van der Waals surface area (Å²) in [5.41, 5.74) is 8.57. The van der Waals surface area contributed by atoms with Crippen molar-refractivity contribution in [1.29, 1.82) is 0 Å². The van der Waals surface area contributed by atoms with E-state index < -0.39 is 14.8 Å². The number of nitrogen functional groups attached to an aromatic ring is 1. The van der Waals surface area contributed by atoms with E-state index in [-0.39, 0.29) is 25.7 Å². The molecule has 0 fully saturated rings. The van der Waals surface area contributed by atoms with Crippen LogP contribution in [0.5, 0.6) is 11.5 Å². The summed E-state index contributed by atoms with van der Waals surface area (Å²) in [7, 11) is -3.52.